The Morgan fingerprint density at radius 3 is 2.58 bits per heavy atom. The molecule has 4 rings (SSSR count). The van der Waals surface area contributed by atoms with E-state index < -0.39 is 0 Å². The van der Waals surface area contributed by atoms with E-state index in [1.54, 1.807) is 5.57 Å². The number of hydrogen-bond donors (Lipinski definition) is 0. The molecule has 1 saturated heterocycles. The summed E-state index contributed by atoms with van der Waals surface area (Å²) in [5.74, 6) is 1.70. The van der Waals surface area contributed by atoms with E-state index in [0.29, 0.717) is 17.7 Å². The van der Waals surface area contributed by atoms with Crippen molar-refractivity contribution >= 4 is 5.91 Å². The van der Waals surface area contributed by atoms with Gasteiger partial charge in [-0.05, 0) is 74.0 Å². The molecule has 1 amide bonds. The Hall–Kier alpha value is -1.05. The van der Waals surface area contributed by atoms with Gasteiger partial charge >= 0.3 is 0 Å². The topological polar surface area (TPSA) is 20.3 Å². The highest BCUT2D eigenvalue weighted by molar-refractivity contribution is 5.83. The van der Waals surface area contributed by atoms with Crippen LogP contribution in [0.2, 0.25) is 0 Å². The molecule has 0 bridgehead atoms. The third-order valence-electron chi connectivity index (χ3n) is 8.71. The maximum atomic E-state index is 13.5. The average Bonchev–Trinajstić information content (AvgIpc) is 3.15. The molecule has 2 nitrogen and oxygen atoms in total. The van der Waals surface area contributed by atoms with Crippen molar-refractivity contribution in [3.63, 3.8) is 0 Å². The van der Waals surface area contributed by atoms with E-state index in [-0.39, 0.29) is 16.2 Å². The first-order valence-electron chi connectivity index (χ1n) is 11.0. The van der Waals surface area contributed by atoms with Crippen LogP contribution in [0.5, 0.6) is 0 Å². The molecule has 0 aromatic rings. The molecule has 3 aliphatic carbocycles. The Balaban J connectivity index is 1.66. The predicted molar refractivity (Wildman–Crippen MR) is 108 cm³/mol. The highest BCUT2D eigenvalue weighted by Gasteiger charge is 2.58. The van der Waals surface area contributed by atoms with Gasteiger partial charge in [-0.25, -0.2) is 0 Å². The SMILES string of the molecule is C=C[C@]1(C)CC=C2C(CCC3[C@@](C)(C(=O)N4CCCC4)CCC[C@]23C)C1. The van der Waals surface area contributed by atoms with Crippen molar-refractivity contribution in [1.82, 2.24) is 4.90 Å². The van der Waals surface area contributed by atoms with Gasteiger partial charge in [-0.15, -0.1) is 6.58 Å². The number of carbonyl (C=O) groups is 1. The van der Waals surface area contributed by atoms with Gasteiger partial charge in [-0.3, -0.25) is 4.79 Å². The van der Waals surface area contributed by atoms with Gasteiger partial charge in [0.1, 0.15) is 0 Å². The summed E-state index contributed by atoms with van der Waals surface area (Å²) in [6, 6.07) is 0. The maximum Gasteiger partial charge on any atom is 0.228 e. The summed E-state index contributed by atoms with van der Waals surface area (Å²) in [5, 5.41) is 0. The lowest BCUT2D eigenvalue weighted by atomic mass is 9.46. The van der Waals surface area contributed by atoms with Gasteiger partial charge in [-0.2, -0.15) is 0 Å². The van der Waals surface area contributed by atoms with Crippen molar-refractivity contribution in [3.05, 3.63) is 24.3 Å². The molecule has 3 fully saturated rings. The molecule has 2 heteroatoms. The third kappa shape index (κ3) is 2.62. The minimum absolute atomic E-state index is 0.150. The van der Waals surface area contributed by atoms with Crippen LogP contribution in [-0.2, 0) is 4.79 Å². The standard InChI is InChI=1S/C24H37NO/c1-5-22(2)14-11-19-18(17-22)9-10-20-23(19,3)12-8-13-24(20,4)21(26)25-15-6-7-16-25/h5,11,18,20H,1,6-10,12-17H2,2-4H3/t18?,20?,22-,23-,24+/m1/s1. The van der Waals surface area contributed by atoms with Crippen LogP contribution in [0, 0.1) is 28.1 Å². The molecule has 4 aliphatic rings. The fourth-order valence-electron chi connectivity index (χ4n) is 7.15. The molecule has 1 heterocycles. The lowest BCUT2D eigenvalue weighted by molar-refractivity contribution is -0.152. The summed E-state index contributed by atoms with van der Waals surface area (Å²) >= 11 is 0. The number of hydrogen-bond acceptors (Lipinski definition) is 1. The summed E-state index contributed by atoms with van der Waals surface area (Å²) in [5.41, 5.74) is 2.05. The molecule has 0 aromatic carbocycles. The molecular weight excluding hydrogens is 318 g/mol. The molecule has 1 aliphatic heterocycles. The van der Waals surface area contributed by atoms with E-state index in [1.165, 1.54) is 44.9 Å². The zero-order chi connectivity index (χ0) is 18.6. The summed E-state index contributed by atoms with van der Waals surface area (Å²) in [6.45, 7) is 13.3. The Morgan fingerprint density at radius 2 is 1.88 bits per heavy atom. The summed E-state index contributed by atoms with van der Waals surface area (Å²) in [7, 11) is 0. The first kappa shape index (κ1) is 18.3. The third-order valence-corrected chi connectivity index (χ3v) is 8.71. The molecule has 5 atom stereocenters. The van der Waals surface area contributed by atoms with Crippen LogP contribution in [0.25, 0.3) is 0 Å². The Labute approximate surface area is 160 Å². The molecule has 2 saturated carbocycles. The number of amides is 1. The Kier molecular flexibility index (Phi) is 4.40. The number of fused-ring (bicyclic) bond motifs is 3. The van der Waals surface area contributed by atoms with Gasteiger partial charge in [0.05, 0.1) is 5.41 Å². The van der Waals surface area contributed by atoms with E-state index in [9.17, 15) is 4.79 Å². The van der Waals surface area contributed by atoms with E-state index in [0.717, 1.165) is 25.9 Å². The van der Waals surface area contributed by atoms with Crippen LogP contribution < -0.4 is 0 Å². The van der Waals surface area contributed by atoms with Crippen molar-refractivity contribution in [3.8, 4) is 0 Å². The van der Waals surface area contributed by atoms with Gasteiger partial charge in [0.2, 0.25) is 5.91 Å². The molecule has 26 heavy (non-hydrogen) atoms. The average molecular weight is 356 g/mol. The Morgan fingerprint density at radius 1 is 1.15 bits per heavy atom. The van der Waals surface area contributed by atoms with Crippen molar-refractivity contribution in [2.75, 3.05) is 13.1 Å². The highest BCUT2D eigenvalue weighted by atomic mass is 16.2. The van der Waals surface area contributed by atoms with Gasteiger partial charge in [-0.1, -0.05) is 44.9 Å². The van der Waals surface area contributed by atoms with Gasteiger partial charge in [0.15, 0.2) is 0 Å². The lowest BCUT2D eigenvalue weighted by Gasteiger charge is -2.59. The smallest absolute Gasteiger partial charge is 0.228 e. The Bertz CT molecular complexity index is 630. The summed E-state index contributed by atoms with van der Waals surface area (Å²) < 4.78 is 0. The van der Waals surface area contributed by atoms with E-state index in [4.69, 9.17) is 0 Å². The van der Waals surface area contributed by atoms with Gasteiger partial charge < -0.3 is 4.90 Å². The first-order valence-corrected chi connectivity index (χ1v) is 11.0. The lowest BCUT2D eigenvalue weighted by Crippen LogP contribution is -2.55. The number of allylic oxidation sites excluding steroid dienone is 3. The largest absolute Gasteiger partial charge is 0.342 e. The van der Waals surface area contributed by atoms with E-state index >= 15 is 0 Å². The fourth-order valence-corrected chi connectivity index (χ4v) is 7.15. The molecule has 0 N–H and O–H groups in total. The minimum Gasteiger partial charge on any atom is -0.342 e. The second-order valence-electron chi connectivity index (χ2n) is 10.4. The second kappa shape index (κ2) is 6.24. The summed E-state index contributed by atoms with van der Waals surface area (Å²) in [6.07, 6.45) is 15.5. The molecule has 0 radical (unpaired) electrons. The molecule has 144 valence electrons. The first-order chi connectivity index (χ1) is 12.3. The zero-order valence-electron chi connectivity index (χ0n) is 17.2. The van der Waals surface area contributed by atoms with Crippen LogP contribution in [0.15, 0.2) is 24.3 Å². The van der Waals surface area contributed by atoms with Crippen LogP contribution in [-0.4, -0.2) is 23.9 Å². The maximum absolute atomic E-state index is 13.5. The van der Waals surface area contributed by atoms with Crippen molar-refractivity contribution in [2.24, 2.45) is 28.1 Å². The van der Waals surface area contributed by atoms with Crippen molar-refractivity contribution < 1.29 is 4.79 Å². The molecule has 2 unspecified atom stereocenters. The normalized spacial score (nSPS) is 45.5. The second-order valence-corrected chi connectivity index (χ2v) is 10.4. The number of rotatable bonds is 2. The van der Waals surface area contributed by atoms with Crippen LogP contribution in [0.3, 0.4) is 0 Å². The number of likely N-dealkylation sites (tertiary alicyclic amines) is 1. The van der Waals surface area contributed by atoms with Crippen LogP contribution in [0.1, 0.15) is 78.6 Å². The monoisotopic (exact) mass is 355 g/mol. The van der Waals surface area contributed by atoms with Crippen LogP contribution in [0.4, 0.5) is 0 Å². The summed E-state index contributed by atoms with van der Waals surface area (Å²) in [4.78, 5) is 15.7. The number of nitrogens with zero attached hydrogens (tertiary/aromatic N) is 1. The fraction of sp³-hybridized carbons (Fsp3) is 0.792. The predicted octanol–water partition coefficient (Wildman–Crippen LogP) is 5.74. The van der Waals surface area contributed by atoms with Crippen molar-refractivity contribution in [1.29, 1.82) is 0 Å². The minimum atomic E-state index is -0.150. The molecular formula is C24H37NO. The molecule has 0 spiro atoms. The van der Waals surface area contributed by atoms with E-state index in [2.05, 4.69) is 44.4 Å². The van der Waals surface area contributed by atoms with Gasteiger partial charge in [0, 0.05) is 13.1 Å². The van der Waals surface area contributed by atoms with Gasteiger partial charge in [0.25, 0.3) is 0 Å². The van der Waals surface area contributed by atoms with Crippen LogP contribution >= 0.6 is 0 Å². The number of carbonyl (C=O) groups excluding carboxylic acids is 1. The molecule has 0 aromatic heterocycles. The quantitative estimate of drug-likeness (QED) is 0.578. The van der Waals surface area contributed by atoms with E-state index in [1.807, 2.05) is 0 Å². The highest BCUT2D eigenvalue weighted by Crippen LogP contribution is 2.64. The van der Waals surface area contributed by atoms with Crippen molar-refractivity contribution in [2.45, 2.75) is 78.6 Å². The zero-order valence-corrected chi connectivity index (χ0v) is 17.2.